The second-order valence-corrected chi connectivity index (χ2v) is 20.0. The summed E-state index contributed by atoms with van der Waals surface area (Å²) < 4.78 is 17.4. The number of methoxy groups -OCH3 is 2. The number of rotatable bonds is 22. The zero-order valence-corrected chi connectivity index (χ0v) is 41.4. The lowest BCUT2D eigenvalue weighted by Gasteiger charge is -2.41. The second kappa shape index (κ2) is 23.8. The standard InChI is InChI=1S/C49H78N6O11/c1-13-30(4)41(37(64-11)28-39(57)54-24-17-20-36(54)43(65-12)31(5)44(58)50-35(47(61)62)26-32-18-15-14-16-19-32)53(10)46(60)40(29(2)3)51-45(59)42-33-21-22-34(27-33)55(42)38(56)23-25-52(9)48(63)66-49(6,7)8/h14-16,18-19,29-31,33-37,40-43H,13,17,20-28H2,1-12H3,(H,50,58)(H,51,59)(H,61,62)/t30-,31+,33-,34+,35-,36-,37+,40-,41-,42-,43+/m0/s1. The third kappa shape index (κ3) is 13.4. The molecule has 0 unspecified atom stereocenters. The van der Waals surface area contributed by atoms with Crippen LogP contribution in [0.3, 0.4) is 0 Å². The van der Waals surface area contributed by atoms with Crippen molar-refractivity contribution in [1.29, 1.82) is 0 Å². The highest BCUT2D eigenvalue weighted by atomic mass is 16.6. The number of carbonyl (C=O) groups is 7. The Morgan fingerprint density at radius 1 is 0.909 bits per heavy atom. The van der Waals surface area contributed by atoms with Gasteiger partial charge in [0.2, 0.25) is 29.5 Å². The van der Waals surface area contributed by atoms with Gasteiger partial charge < -0.3 is 49.6 Å². The Balaban J connectivity index is 1.46. The molecule has 0 radical (unpaired) electrons. The van der Waals surface area contributed by atoms with E-state index in [0.717, 1.165) is 18.4 Å². The number of likely N-dealkylation sites (tertiary alicyclic amines) is 2. The van der Waals surface area contributed by atoms with Crippen molar-refractivity contribution in [2.45, 2.75) is 167 Å². The predicted octanol–water partition coefficient (Wildman–Crippen LogP) is 4.50. The van der Waals surface area contributed by atoms with E-state index >= 15 is 0 Å². The molecule has 2 aliphatic heterocycles. The van der Waals surface area contributed by atoms with E-state index in [9.17, 15) is 38.7 Å². The van der Waals surface area contributed by atoms with E-state index in [-0.39, 0.29) is 73.2 Å². The third-order valence-electron chi connectivity index (χ3n) is 13.9. The molecule has 0 spiro atoms. The molecule has 1 aliphatic carbocycles. The molecule has 3 N–H and O–H groups in total. The zero-order valence-electron chi connectivity index (χ0n) is 41.4. The summed E-state index contributed by atoms with van der Waals surface area (Å²) in [6, 6.07) is 5.07. The van der Waals surface area contributed by atoms with Crippen LogP contribution in [0.5, 0.6) is 0 Å². The maximum absolute atomic E-state index is 14.7. The van der Waals surface area contributed by atoms with Gasteiger partial charge in [-0.3, -0.25) is 24.0 Å². The van der Waals surface area contributed by atoms with Gasteiger partial charge in [-0.1, -0.05) is 71.4 Å². The van der Waals surface area contributed by atoms with E-state index < -0.39 is 71.9 Å². The van der Waals surface area contributed by atoms with Crippen molar-refractivity contribution in [3.05, 3.63) is 35.9 Å². The Hall–Kier alpha value is -4.77. The minimum absolute atomic E-state index is 0.0206. The van der Waals surface area contributed by atoms with Crippen LogP contribution in [-0.4, -0.2) is 162 Å². The smallest absolute Gasteiger partial charge is 0.410 e. The Morgan fingerprint density at radius 2 is 1.58 bits per heavy atom. The molecule has 17 nitrogen and oxygen atoms in total. The van der Waals surface area contributed by atoms with Crippen molar-refractivity contribution in [3.8, 4) is 0 Å². The van der Waals surface area contributed by atoms with Gasteiger partial charge in [-0.15, -0.1) is 0 Å². The summed E-state index contributed by atoms with van der Waals surface area (Å²) in [6.07, 6.45) is 2.23. The Bertz CT molecular complexity index is 1840. The SMILES string of the molecule is CC[C@H](C)[C@@H]([C@@H](CC(=O)N1CCC[C@H]1[C@H](OC)[C@@H](C)C(=O)N[C@@H](Cc1ccccc1)C(=O)O)OC)N(C)C(=O)[C@@H](NC(=O)[C@@H]1[C@H]2CC[C@H](C2)N1C(=O)CCN(C)C(=O)OC(C)(C)C)C(C)C. The van der Waals surface area contributed by atoms with E-state index in [1.54, 1.807) is 68.6 Å². The largest absolute Gasteiger partial charge is 0.480 e. The number of carboxylic acid groups (broad SMARTS) is 1. The minimum atomic E-state index is -1.16. The summed E-state index contributed by atoms with van der Waals surface area (Å²) in [5.74, 6) is -4.13. The molecule has 2 saturated heterocycles. The first-order valence-corrected chi connectivity index (χ1v) is 23.8. The van der Waals surface area contributed by atoms with Gasteiger partial charge in [-0.05, 0) is 76.2 Å². The number of carboxylic acids is 1. The Labute approximate surface area is 392 Å². The highest BCUT2D eigenvalue weighted by molar-refractivity contribution is 5.93. The summed E-state index contributed by atoms with van der Waals surface area (Å²) in [7, 11) is 6.25. The molecule has 66 heavy (non-hydrogen) atoms. The zero-order chi connectivity index (χ0) is 49.2. The quantitative estimate of drug-likeness (QED) is 0.148. The molecular formula is C49H78N6O11. The minimum Gasteiger partial charge on any atom is -0.480 e. The first-order chi connectivity index (χ1) is 31.0. The van der Waals surface area contributed by atoms with Crippen molar-refractivity contribution >= 4 is 41.6 Å². The van der Waals surface area contributed by atoms with Gasteiger partial charge in [0, 0.05) is 60.3 Å². The summed E-state index contributed by atoms with van der Waals surface area (Å²) in [4.78, 5) is 102. The summed E-state index contributed by atoms with van der Waals surface area (Å²) in [5.41, 5.74) is 0.0827. The van der Waals surface area contributed by atoms with E-state index in [2.05, 4.69) is 10.6 Å². The molecule has 17 heteroatoms. The van der Waals surface area contributed by atoms with Crippen LogP contribution in [-0.2, 0) is 49.4 Å². The van der Waals surface area contributed by atoms with Gasteiger partial charge in [0.25, 0.3) is 0 Å². The topological polar surface area (TPSA) is 204 Å². The third-order valence-corrected chi connectivity index (χ3v) is 13.9. The molecule has 370 valence electrons. The fraction of sp³-hybridized carbons (Fsp3) is 0.735. The maximum Gasteiger partial charge on any atom is 0.410 e. The van der Waals surface area contributed by atoms with Crippen molar-refractivity contribution in [2.24, 2.45) is 23.7 Å². The van der Waals surface area contributed by atoms with Crippen LogP contribution >= 0.6 is 0 Å². The number of fused-ring (bicyclic) bond motifs is 2. The summed E-state index contributed by atoms with van der Waals surface area (Å²) in [5, 5.41) is 15.7. The molecular weight excluding hydrogens is 849 g/mol. The average Bonchev–Trinajstić information content (AvgIpc) is 4.04. The van der Waals surface area contributed by atoms with Crippen molar-refractivity contribution in [1.82, 2.24) is 30.2 Å². The molecule has 6 amide bonds. The number of ether oxygens (including phenoxy) is 3. The average molecular weight is 927 g/mol. The number of aliphatic carboxylic acids is 1. The van der Waals surface area contributed by atoms with E-state index in [0.29, 0.717) is 32.2 Å². The lowest BCUT2D eigenvalue weighted by Crippen LogP contribution is -2.60. The normalized spacial score (nSPS) is 22.4. The van der Waals surface area contributed by atoms with E-state index in [1.165, 1.54) is 19.1 Å². The van der Waals surface area contributed by atoms with Crippen molar-refractivity contribution in [3.63, 3.8) is 0 Å². The summed E-state index contributed by atoms with van der Waals surface area (Å²) in [6.45, 7) is 15.2. The first kappa shape index (κ1) is 53.8. The van der Waals surface area contributed by atoms with E-state index in [1.807, 2.05) is 45.9 Å². The van der Waals surface area contributed by atoms with Gasteiger partial charge in [0.1, 0.15) is 23.7 Å². The van der Waals surface area contributed by atoms with Gasteiger partial charge in [-0.25, -0.2) is 9.59 Å². The number of nitrogens with one attached hydrogen (secondary N) is 2. The van der Waals surface area contributed by atoms with Gasteiger partial charge in [0.05, 0.1) is 36.6 Å². The summed E-state index contributed by atoms with van der Waals surface area (Å²) >= 11 is 0. The Kier molecular flexibility index (Phi) is 19.4. The lowest BCUT2D eigenvalue weighted by molar-refractivity contribution is -0.149. The number of piperidine rings is 1. The van der Waals surface area contributed by atoms with Gasteiger partial charge >= 0.3 is 12.1 Å². The predicted molar refractivity (Wildman–Crippen MR) is 248 cm³/mol. The second-order valence-electron chi connectivity index (χ2n) is 20.0. The fourth-order valence-corrected chi connectivity index (χ4v) is 10.1. The lowest BCUT2D eigenvalue weighted by atomic mass is 9.89. The number of nitrogens with zero attached hydrogens (tertiary/aromatic N) is 4. The van der Waals surface area contributed by atoms with Crippen LogP contribution in [0.4, 0.5) is 4.79 Å². The van der Waals surface area contributed by atoms with Crippen LogP contribution in [0.1, 0.15) is 112 Å². The Morgan fingerprint density at radius 3 is 2.15 bits per heavy atom. The highest BCUT2D eigenvalue weighted by Crippen LogP contribution is 2.43. The molecule has 1 saturated carbocycles. The van der Waals surface area contributed by atoms with E-state index in [4.69, 9.17) is 14.2 Å². The van der Waals surface area contributed by atoms with Gasteiger partial charge in [-0.2, -0.15) is 0 Å². The number of likely N-dealkylation sites (N-methyl/N-ethyl adjacent to an activating group) is 1. The number of hydrogen-bond donors (Lipinski definition) is 3. The molecule has 0 aromatic heterocycles. The molecule has 3 aliphatic rings. The van der Waals surface area contributed by atoms with Crippen LogP contribution in [0.2, 0.25) is 0 Å². The molecule has 2 bridgehead atoms. The molecule has 3 fully saturated rings. The number of hydrogen-bond acceptors (Lipinski definition) is 10. The molecule has 4 rings (SSSR count). The maximum atomic E-state index is 14.7. The van der Waals surface area contributed by atoms with Crippen molar-refractivity contribution < 1.29 is 52.9 Å². The first-order valence-electron chi connectivity index (χ1n) is 23.8. The monoisotopic (exact) mass is 927 g/mol. The molecule has 1 aromatic carbocycles. The van der Waals surface area contributed by atoms with Crippen LogP contribution in [0.15, 0.2) is 30.3 Å². The highest BCUT2D eigenvalue weighted by Gasteiger charge is 2.52. The number of carbonyl (C=O) groups excluding carboxylic acids is 6. The van der Waals surface area contributed by atoms with Crippen LogP contribution < -0.4 is 10.6 Å². The number of benzene rings is 1. The van der Waals surface area contributed by atoms with Crippen LogP contribution in [0, 0.1) is 23.7 Å². The molecule has 2 heterocycles. The molecule has 1 aromatic rings. The molecule has 11 atom stereocenters. The van der Waals surface area contributed by atoms with Crippen molar-refractivity contribution in [2.75, 3.05) is 41.4 Å². The fourth-order valence-electron chi connectivity index (χ4n) is 10.1. The van der Waals surface area contributed by atoms with Gasteiger partial charge in [0.15, 0.2) is 0 Å². The number of amides is 6. The van der Waals surface area contributed by atoms with Crippen LogP contribution in [0.25, 0.3) is 0 Å².